The third-order valence-electron chi connectivity index (χ3n) is 2.43. The largest absolute Gasteiger partial charge is 0.504 e. The van der Waals surface area contributed by atoms with Crippen molar-refractivity contribution >= 4 is 38.9 Å². The van der Waals surface area contributed by atoms with E-state index in [1.54, 1.807) is 24.3 Å². The highest BCUT2D eigenvalue weighted by Crippen LogP contribution is 2.37. The Balaban J connectivity index is 2.21. The number of rotatable bonds is 4. The Hall–Kier alpha value is -1.59. The lowest BCUT2D eigenvalue weighted by Crippen LogP contribution is -1.89. The van der Waals surface area contributed by atoms with Crippen LogP contribution in [0, 0.1) is 0 Å². The van der Waals surface area contributed by atoms with Gasteiger partial charge in [0.15, 0.2) is 5.75 Å². The molecule has 2 aromatic carbocycles. The molecule has 104 valence electrons. The molecule has 0 bridgehead atoms. The summed E-state index contributed by atoms with van der Waals surface area (Å²) < 4.78 is 6.06. The van der Waals surface area contributed by atoms with Gasteiger partial charge in [0.05, 0.1) is 17.3 Å². The number of phenols is 1. The summed E-state index contributed by atoms with van der Waals surface area (Å²) in [4.78, 5) is 0. The van der Waals surface area contributed by atoms with E-state index in [9.17, 15) is 5.11 Å². The van der Waals surface area contributed by atoms with Gasteiger partial charge in [-0.1, -0.05) is 27.5 Å². The summed E-state index contributed by atoms with van der Waals surface area (Å²) in [5.41, 5.74) is 0.960. The Labute approximate surface area is 130 Å². The highest BCUT2D eigenvalue weighted by atomic mass is 79.9. The zero-order chi connectivity index (χ0) is 14.5. The first kappa shape index (κ1) is 14.8. The van der Waals surface area contributed by atoms with E-state index >= 15 is 0 Å². The highest BCUT2D eigenvalue weighted by molar-refractivity contribution is 9.10. The fourth-order valence-electron chi connectivity index (χ4n) is 1.52. The molecule has 0 saturated carbocycles. The third-order valence-corrected chi connectivity index (χ3v) is 3.17. The molecule has 0 aliphatic heterocycles. The molecule has 1 N–H and O–H groups in total. The summed E-state index contributed by atoms with van der Waals surface area (Å²) in [5, 5.41) is 18.1. The topological polar surface area (TPSA) is 54.2 Å². The van der Waals surface area contributed by atoms with Crippen LogP contribution in [0.25, 0.3) is 0 Å². The molecule has 0 amide bonds. The minimum atomic E-state index is -0.0930. The Morgan fingerprint density at radius 1 is 1.20 bits per heavy atom. The van der Waals surface area contributed by atoms with Crippen molar-refractivity contribution in [3.63, 3.8) is 0 Å². The van der Waals surface area contributed by atoms with Crippen LogP contribution in [0.15, 0.2) is 51.1 Å². The van der Waals surface area contributed by atoms with Crippen LogP contribution >= 0.6 is 27.5 Å². The van der Waals surface area contributed by atoms with Crippen molar-refractivity contribution in [3.05, 3.63) is 45.9 Å². The summed E-state index contributed by atoms with van der Waals surface area (Å²) in [6, 6.07) is 10.4. The van der Waals surface area contributed by atoms with E-state index in [-0.39, 0.29) is 10.8 Å². The average Bonchev–Trinajstić information content (AvgIpc) is 2.43. The number of nitrogens with zero attached hydrogens (tertiary/aromatic N) is 2. The number of benzene rings is 2. The highest BCUT2D eigenvalue weighted by Gasteiger charge is 2.06. The van der Waals surface area contributed by atoms with Crippen molar-refractivity contribution in [2.24, 2.45) is 10.2 Å². The first-order valence-corrected chi connectivity index (χ1v) is 7.10. The molecule has 4 nitrogen and oxygen atoms in total. The third kappa shape index (κ3) is 3.71. The Morgan fingerprint density at radius 3 is 2.55 bits per heavy atom. The molecule has 0 aliphatic rings. The SMILES string of the molecule is CCOc1ccc(N=Nc2cc(Br)cc(Cl)c2O)cc1. The van der Waals surface area contributed by atoms with Gasteiger partial charge in [-0.05, 0) is 43.3 Å². The first-order valence-electron chi connectivity index (χ1n) is 5.92. The van der Waals surface area contributed by atoms with Gasteiger partial charge in [0, 0.05) is 4.47 Å². The standard InChI is InChI=1S/C14H12BrClN2O2/c1-2-20-11-5-3-10(4-6-11)17-18-13-8-9(15)7-12(16)14(13)19/h3-8,19H,2H2,1H3. The Bertz CT molecular complexity index is 630. The van der Waals surface area contributed by atoms with Crippen LogP contribution < -0.4 is 4.74 Å². The second-order valence-electron chi connectivity index (χ2n) is 3.88. The van der Waals surface area contributed by atoms with Crippen molar-refractivity contribution in [2.45, 2.75) is 6.92 Å². The molecule has 0 unspecified atom stereocenters. The van der Waals surface area contributed by atoms with E-state index < -0.39 is 0 Å². The van der Waals surface area contributed by atoms with Crippen molar-refractivity contribution < 1.29 is 9.84 Å². The summed E-state index contributed by atoms with van der Waals surface area (Å²) in [5.74, 6) is 0.685. The van der Waals surface area contributed by atoms with Gasteiger partial charge in [-0.15, -0.1) is 5.11 Å². The normalized spacial score (nSPS) is 10.9. The van der Waals surface area contributed by atoms with E-state index in [0.717, 1.165) is 10.2 Å². The van der Waals surface area contributed by atoms with E-state index in [4.69, 9.17) is 16.3 Å². The van der Waals surface area contributed by atoms with Crippen LogP contribution in [0.1, 0.15) is 6.92 Å². The summed E-state index contributed by atoms with van der Waals surface area (Å²) in [6.07, 6.45) is 0. The van der Waals surface area contributed by atoms with Gasteiger partial charge >= 0.3 is 0 Å². The van der Waals surface area contributed by atoms with Crippen molar-refractivity contribution in [1.29, 1.82) is 0 Å². The van der Waals surface area contributed by atoms with Gasteiger partial charge < -0.3 is 9.84 Å². The van der Waals surface area contributed by atoms with Crippen LogP contribution in [-0.4, -0.2) is 11.7 Å². The molecule has 0 fully saturated rings. The molecule has 6 heteroatoms. The maximum absolute atomic E-state index is 9.79. The lowest BCUT2D eigenvalue weighted by molar-refractivity contribution is 0.340. The van der Waals surface area contributed by atoms with Gasteiger partial charge in [0.1, 0.15) is 11.4 Å². The molecule has 0 aromatic heterocycles. The zero-order valence-electron chi connectivity index (χ0n) is 10.7. The maximum atomic E-state index is 9.79. The van der Waals surface area contributed by atoms with Crippen LogP contribution in [0.2, 0.25) is 5.02 Å². The van der Waals surface area contributed by atoms with Crippen LogP contribution in [0.5, 0.6) is 11.5 Å². The number of phenolic OH excluding ortho intramolecular Hbond substituents is 1. The van der Waals surface area contributed by atoms with Crippen LogP contribution in [-0.2, 0) is 0 Å². The van der Waals surface area contributed by atoms with Crippen molar-refractivity contribution in [2.75, 3.05) is 6.61 Å². The fraction of sp³-hybridized carbons (Fsp3) is 0.143. The van der Waals surface area contributed by atoms with E-state index in [1.165, 1.54) is 0 Å². The smallest absolute Gasteiger partial charge is 0.161 e. The predicted molar refractivity (Wildman–Crippen MR) is 82.6 cm³/mol. The number of hydrogen-bond donors (Lipinski definition) is 1. The van der Waals surface area contributed by atoms with E-state index in [1.807, 2.05) is 19.1 Å². The van der Waals surface area contributed by atoms with Gasteiger partial charge in [-0.2, -0.15) is 5.11 Å². The Morgan fingerprint density at radius 2 is 1.90 bits per heavy atom. The first-order chi connectivity index (χ1) is 9.60. The number of aromatic hydroxyl groups is 1. The molecule has 0 saturated heterocycles. The number of halogens is 2. The van der Waals surface area contributed by atoms with E-state index in [2.05, 4.69) is 26.2 Å². The maximum Gasteiger partial charge on any atom is 0.161 e. The summed E-state index contributed by atoms with van der Waals surface area (Å²) in [7, 11) is 0. The minimum Gasteiger partial charge on any atom is -0.504 e. The van der Waals surface area contributed by atoms with Gasteiger partial charge in [0.25, 0.3) is 0 Å². The fourth-order valence-corrected chi connectivity index (χ4v) is 2.31. The molecule has 0 atom stereocenters. The summed E-state index contributed by atoms with van der Waals surface area (Å²) >= 11 is 9.14. The van der Waals surface area contributed by atoms with Crippen LogP contribution in [0.4, 0.5) is 11.4 Å². The second-order valence-corrected chi connectivity index (χ2v) is 5.21. The van der Waals surface area contributed by atoms with Gasteiger partial charge in [0.2, 0.25) is 0 Å². The van der Waals surface area contributed by atoms with Crippen molar-refractivity contribution in [1.82, 2.24) is 0 Å². The van der Waals surface area contributed by atoms with Crippen LogP contribution in [0.3, 0.4) is 0 Å². The van der Waals surface area contributed by atoms with Gasteiger partial charge in [-0.3, -0.25) is 0 Å². The Kier molecular flexibility index (Phi) is 4.98. The monoisotopic (exact) mass is 354 g/mol. The lowest BCUT2D eigenvalue weighted by Gasteiger charge is -2.03. The molecule has 0 radical (unpaired) electrons. The average molecular weight is 356 g/mol. The predicted octanol–water partition coefficient (Wildman–Crippen LogP) is 5.62. The second kappa shape index (κ2) is 6.72. The quantitative estimate of drug-likeness (QED) is 0.723. The van der Waals surface area contributed by atoms with Crippen molar-refractivity contribution in [3.8, 4) is 11.5 Å². The molecular weight excluding hydrogens is 344 g/mol. The summed E-state index contributed by atoms with van der Waals surface area (Å²) in [6.45, 7) is 2.54. The number of azo groups is 1. The number of ether oxygens (including phenoxy) is 1. The molecule has 2 aromatic rings. The molecule has 0 aliphatic carbocycles. The van der Waals surface area contributed by atoms with E-state index in [0.29, 0.717) is 18.0 Å². The zero-order valence-corrected chi connectivity index (χ0v) is 13.0. The molecule has 0 heterocycles. The lowest BCUT2D eigenvalue weighted by atomic mass is 10.3. The number of hydrogen-bond acceptors (Lipinski definition) is 4. The molecule has 0 spiro atoms. The molecular formula is C14H12BrClN2O2. The molecule has 2 rings (SSSR count). The van der Waals surface area contributed by atoms with Gasteiger partial charge in [-0.25, -0.2) is 0 Å². The molecule has 20 heavy (non-hydrogen) atoms. The minimum absolute atomic E-state index is 0.0930.